The number of sulfonamides is 1. The van der Waals surface area contributed by atoms with E-state index in [1.54, 1.807) is 6.07 Å². The van der Waals surface area contributed by atoms with E-state index in [2.05, 4.69) is 34.5 Å². The van der Waals surface area contributed by atoms with E-state index in [0.29, 0.717) is 23.6 Å². The van der Waals surface area contributed by atoms with Gasteiger partial charge >= 0.3 is 6.36 Å². The quantitative estimate of drug-likeness (QED) is 0.286. The van der Waals surface area contributed by atoms with E-state index >= 15 is 0 Å². The lowest BCUT2D eigenvalue weighted by atomic mass is 9.79. The fraction of sp³-hybridized carbons (Fsp3) is 0.462. The molecule has 2 heterocycles. The molecule has 14 heteroatoms. The van der Waals surface area contributed by atoms with Crippen LogP contribution in [-0.4, -0.2) is 53.8 Å². The van der Waals surface area contributed by atoms with Gasteiger partial charge in [0, 0.05) is 43.4 Å². The molecular formula is C26H30F3N3O6SSi. The second-order valence-corrected chi connectivity index (χ2v) is 18.7. The Morgan fingerprint density at radius 2 is 1.85 bits per heavy atom. The lowest BCUT2D eigenvalue weighted by Gasteiger charge is -2.29. The van der Waals surface area contributed by atoms with E-state index in [4.69, 9.17) is 14.0 Å². The van der Waals surface area contributed by atoms with E-state index in [1.165, 1.54) is 42.9 Å². The number of ether oxygens (including phenoxy) is 3. The number of halogens is 3. The molecule has 0 aliphatic heterocycles. The third-order valence-electron chi connectivity index (χ3n) is 7.27. The third-order valence-corrected chi connectivity index (χ3v) is 10.8. The highest BCUT2D eigenvalue weighted by molar-refractivity contribution is 7.93. The molecule has 1 spiro atoms. The molecule has 0 amide bonds. The summed E-state index contributed by atoms with van der Waals surface area (Å²) >= 11 is 0. The van der Waals surface area contributed by atoms with Crippen LogP contribution < -0.4 is 18.5 Å². The summed E-state index contributed by atoms with van der Waals surface area (Å²) in [5, 5.41) is 4.22. The van der Waals surface area contributed by atoms with Crippen LogP contribution >= 0.6 is 0 Å². The molecule has 5 rings (SSSR count). The van der Waals surface area contributed by atoms with E-state index in [-0.39, 0.29) is 45.8 Å². The van der Waals surface area contributed by atoms with Crippen molar-refractivity contribution in [2.75, 3.05) is 25.1 Å². The molecule has 1 saturated carbocycles. The van der Waals surface area contributed by atoms with Gasteiger partial charge in [0.25, 0.3) is 10.0 Å². The summed E-state index contributed by atoms with van der Waals surface area (Å²) in [6.07, 6.45) is -1.44. The number of anilines is 1. The summed E-state index contributed by atoms with van der Waals surface area (Å²) < 4.78 is 89.4. The molecule has 9 nitrogen and oxygen atoms in total. The largest absolute Gasteiger partial charge is 0.573 e. The van der Waals surface area contributed by atoms with E-state index in [9.17, 15) is 21.6 Å². The minimum absolute atomic E-state index is 0.0557. The van der Waals surface area contributed by atoms with Gasteiger partial charge in [-0.1, -0.05) is 30.9 Å². The highest BCUT2D eigenvalue weighted by Gasteiger charge is 2.52. The summed E-state index contributed by atoms with van der Waals surface area (Å²) in [6.45, 7) is 6.48. The maximum atomic E-state index is 14.3. The number of benzene rings is 1. The van der Waals surface area contributed by atoms with Crippen LogP contribution in [0.25, 0.3) is 11.3 Å². The van der Waals surface area contributed by atoms with Crippen molar-refractivity contribution in [3.63, 3.8) is 0 Å². The van der Waals surface area contributed by atoms with Crippen LogP contribution in [0.2, 0.25) is 25.7 Å². The molecule has 0 bridgehead atoms. The van der Waals surface area contributed by atoms with Gasteiger partial charge in [-0.15, -0.1) is 13.2 Å². The Morgan fingerprint density at radius 3 is 2.45 bits per heavy atom. The summed E-state index contributed by atoms with van der Waals surface area (Å²) in [7, 11) is -3.43. The molecule has 1 fully saturated rings. The Labute approximate surface area is 231 Å². The minimum Gasteiger partial charge on any atom is -0.495 e. The first kappa shape index (κ1) is 28.3. The van der Waals surface area contributed by atoms with Gasteiger partial charge in [-0.2, -0.15) is 0 Å². The number of alkyl halides is 3. The van der Waals surface area contributed by atoms with Gasteiger partial charge in [0.05, 0.1) is 14.2 Å². The van der Waals surface area contributed by atoms with Gasteiger partial charge in [-0.3, -0.25) is 0 Å². The van der Waals surface area contributed by atoms with Gasteiger partial charge in [0.1, 0.15) is 11.5 Å². The third kappa shape index (κ3) is 5.14. The second-order valence-electron chi connectivity index (χ2n) is 11.3. The van der Waals surface area contributed by atoms with Crippen molar-refractivity contribution in [2.45, 2.75) is 61.6 Å². The molecular weight excluding hydrogens is 567 g/mol. The Bertz CT molecular complexity index is 1530. The summed E-state index contributed by atoms with van der Waals surface area (Å²) in [6, 6.07) is 6.23. The molecule has 0 atom stereocenters. The van der Waals surface area contributed by atoms with Crippen LogP contribution in [0.3, 0.4) is 0 Å². The van der Waals surface area contributed by atoms with Gasteiger partial charge in [-0.25, -0.2) is 17.7 Å². The smallest absolute Gasteiger partial charge is 0.495 e. The average Bonchev–Trinajstić information content (AvgIpc) is 3.52. The van der Waals surface area contributed by atoms with Crippen LogP contribution in [0, 0.1) is 0 Å². The highest BCUT2D eigenvalue weighted by atomic mass is 32.2. The molecule has 2 aliphatic carbocycles. The zero-order chi connectivity index (χ0) is 29.1. The van der Waals surface area contributed by atoms with Crippen molar-refractivity contribution < 1.29 is 40.3 Å². The first-order chi connectivity index (χ1) is 18.7. The topological polar surface area (TPSA) is 104 Å². The summed E-state index contributed by atoms with van der Waals surface area (Å²) in [5.74, 6) is -0.137. The van der Waals surface area contributed by atoms with Crippen molar-refractivity contribution in [3.05, 3.63) is 41.6 Å². The molecule has 0 radical (unpaired) electrons. The normalized spacial score (nSPS) is 15.8. The standard InChI is InChI=1S/C26H30F3N3O6SSi/c1-35-20-8-11-30-24(36-2)22(20)39(33,34)32(12-13-40(3,4)5)23-18-15-25(9-10-25)19-7-6-16(37-26(27,28)29)14-17(19)21(18)38-31-23/h6-8,11,14H,9-10,12-13,15H2,1-5H3. The lowest BCUT2D eigenvalue weighted by Crippen LogP contribution is -2.37. The molecule has 0 N–H and O–H groups in total. The Morgan fingerprint density at radius 1 is 1.12 bits per heavy atom. The minimum atomic E-state index is -4.86. The predicted molar refractivity (Wildman–Crippen MR) is 143 cm³/mol. The first-order valence-corrected chi connectivity index (χ1v) is 17.8. The van der Waals surface area contributed by atoms with E-state index in [0.717, 1.165) is 18.4 Å². The number of rotatable bonds is 9. The van der Waals surface area contributed by atoms with Gasteiger partial charge in [0.15, 0.2) is 16.5 Å². The molecule has 2 aromatic heterocycles. The first-order valence-electron chi connectivity index (χ1n) is 12.7. The molecule has 0 saturated heterocycles. The van der Waals surface area contributed by atoms with Crippen LogP contribution in [0.4, 0.5) is 19.0 Å². The maximum absolute atomic E-state index is 14.3. The Kier molecular flexibility index (Phi) is 6.84. The lowest BCUT2D eigenvalue weighted by molar-refractivity contribution is -0.274. The number of fused-ring (bicyclic) bond motifs is 4. The number of pyridine rings is 1. The van der Waals surface area contributed by atoms with E-state index < -0.39 is 24.5 Å². The van der Waals surface area contributed by atoms with E-state index in [1.807, 2.05) is 0 Å². The summed E-state index contributed by atoms with van der Waals surface area (Å²) in [5.41, 5.74) is 1.44. The monoisotopic (exact) mass is 597 g/mol. The SMILES string of the molecule is COc1ccnc(OC)c1S(=O)(=O)N(CC[Si](C)(C)C)c1noc2c1CC1(CC1)c1ccc(OC(F)(F)F)cc1-2. The molecule has 1 aromatic carbocycles. The molecule has 40 heavy (non-hydrogen) atoms. The van der Waals surface area contributed by atoms with Crippen LogP contribution in [0.5, 0.6) is 17.4 Å². The van der Waals surface area contributed by atoms with Gasteiger partial charge in [-0.05, 0) is 43.0 Å². The zero-order valence-corrected chi connectivity index (χ0v) is 24.6. The predicted octanol–water partition coefficient (Wildman–Crippen LogP) is 5.77. The molecule has 3 aromatic rings. The second kappa shape index (κ2) is 9.68. The van der Waals surface area contributed by atoms with Crippen molar-refractivity contribution >= 4 is 23.9 Å². The molecule has 216 valence electrons. The fourth-order valence-electron chi connectivity index (χ4n) is 5.11. The highest BCUT2D eigenvalue weighted by Crippen LogP contribution is 2.59. The van der Waals surface area contributed by atoms with Gasteiger partial charge < -0.3 is 18.7 Å². The van der Waals surface area contributed by atoms with Crippen LogP contribution in [0.15, 0.2) is 39.9 Å². The molecule has 2 aliphatic rings. The van der Waals surface area contributed by atoms with Crippen molar-refractivity contribution in [3.8, 4) is 28.7 Å². The number of hydrogen-bond donors (Lipinski definition) is 0. The molecule has 0 unspecified atom stereocenters. The average molecular weight is 598 g/mol. The van der Waals surface area contributed by atoms with Crippen molar-refractivity contribution in [1.82, 2.24) is 10.1 Å². The number of methoxy groups -OCH3 is 2. The Hall–Kier alpha value is -3.26. The number of aromatic nitrogens is 2. The summed E-state index contributed by atoms with van der Waals surface area (Å²) in [4.78, 5) is 3.84. The van der Waals surface area contributed by atoms with Gasteiger partial charge in [0.2, 0.25) is 5.88 Å². The fourth-order valence-corrected chi connectivity index (χ4v) is 7.85. The number of nitrogens with zero attached hydrogens (tertiary/aromatic N) is 3. The number of hydrogen-bond acceptors (Lipinski definition) is 8. The van der Waals surface area contributed by atoms with Crippen LogP contribution in [0.1, 0.15) is 24.0 Å². The zero-order valence-electron chi connectivity index (χ0n) is 22.8. The van der Waals surface area contributed by atoms with Crippen molar-refractivity contribution in [1.29, 1.82) is 0 Å². The van der Waals surface area contributed by atoms with Crippen molar-refractivity contribution in [2.24, 2.45) is 0 Å². The Balaban J connectivity index is 1.67. The van der Waals surface area contributed by atoms with Crippen LogP contribution in [-0.2, 0) is 21.9 Å². The maximum Gasteiger partial charge on any atom is 0.573 e.